The first-order chi connectivity index (χ1) is 3.39. The van der Waals surface area contributed by atoms with Gasteiger partial charge in [0.25, 0.3) is 0 Å². The zero-order valence-corrected chi connectivity index (χ0v) is 4.23. The molecule has 0 fully saturated rings. The van der Waals surface area contributed by atoms with Crippen molar-refractivity contribution in [3.05, 3.63) is 0 Å². The monoisotopic (exact) mass is 91.1 g/mol. The van der Waals surface area contributed by atoms with Crippen LogP contribution >= 0.6 is 0 Å². The van der Waals surface area contributed by atoms with Crippen LogP contribution in [-0.2, 0) is 0 Å². The second-order valence-corrected chi connectivity index (χ2v) is 1.56. The summed E-state index contributed by atoms with van der Waals surface area (Å²) in [4.78, 5) is 0. The molecular weight excluding hydrogens is 84.9 g/mol. The summed E-state index contributed by atoms with van der Waals surface area (Å²) in [6.07, 6.45) is 0. The SMILES string of the molecule is CC1C#CNB=C1. The molecule has 1 rings (SSSR count). The van der Waals surface area contributed by atoms with Crippen LogP contribution in [0.2, 0.25) is 0 Å². The first kappa shape index (κ1) is 4.45. The van der Waals surface area contributed by atoms with E-state index in [-0.39, 0.29) is 0 Å². The van der Waals surface area contributed by atoms with Gasteiger partial charge in [-0.15, -0.1) is 0 Å². The Morgan fingerprint density at radius 2 is 2.71 bits per heavy atom. The van der Waals surface area contributed by atoms with Crippen LogP contribution in [0.3, 0.4) is 0 Å². The van der Waals surface area contributed by atoms with Gasteiger partial charge in [-0.2, -0.15) is 0 Å². The molecule has 1 atom stereocenters. The fourth-order valence-corrected chi connectivity index (χ4v) is 0.438. The molecule has 1 N–H and O–H groups in total. The summed E-state index contributed by atoms with van der Waals surface area (Å²) in [6.45, 7) is 2.06. The van der Waals surface area contributed by atoms with E-state index in [1.807, 2.05) is 13.0 Å². The Labute approximate surface area is 44.0 Å². The second kappa shape index (κ2) is 1.84. The average molecular weight is 90.9 g/mol. The standard InChI is InChI=1S/C5H6BN/c1-5-2-3-7-6-4-5/h4-5,7H,1H3. The molecule has 0 spiro atoms. The molecular formula is C5H6BN. The molecule has 0 amide bonds. The van der Waals surface area contributed by atoms with Crippen LogP contribution in [0.4, 0.5) is 0 Å². The van der Waals surface area contributed by atoms with Crippen molar-refractivity contribution in [1.82, 2.24) is 5.23 Å². The molecule has 0 saturated carbocycles. The van der Waals surface area contributed by atoms with Gasteiger partial charge in [-0.05, 0) is 0 Å². The van der Waals surface area contributed by atoms with Crippen molar-refractivity contribution in [3.8, 4) is 12.0 Å². The van der Waals surface area contributed by atoms with E-state index in [1.165, 1.54) is 0 Å². The Morgan fingerprint density at radius 1 is 1.86 bits per heavy atom. The molecule has 7 heavy (non-hydrogen) atoms. The average Bonchev–Trinajstić information content (AvgIpc) is 1.69. The van der Waals surface area contributed by atoms with Gasteiger partial charge in [0.05, 0.1) is 0 Å². The predicted molar refractivity (Wildman–Crippen MR) is 31.9 cm³/mol. The zero-order chi connectivity index (χ0) is 5.11. The topological polar surface area (TPSA) is 12.0 Å². The minimum absolute atomic E-state index is 0.432. The van der Waals surface area contributed by atoms with Crippen molar-refractivity contribution in [2.75, 3.05) is 0 Å². The third-order valence-electron chi connectivity index (χ3n) is 0.840. The van der Waals surface area contributed by atoms with Crippen LogP contribution < -0.4 is 5.23 Å². The van der Waals surface area contributed by atoms with E-state index < -0.39 is 0 Å². The van der Waals surface area contributed by atoms with E-state index in [1.54, 1.807) is 0 Å². The molecule has 0 aromatic rings. The molecule has 0 aliphatic carbocycles. The Kier molecular flexibility index (Phi) is 1.17. The number of hydrogen-bond acceptors (Lipinski definition) is 1. The molecule has 0 radical (unpaired) electrons. The number of rotatable bonds is 0. The second-order valence-electron chi connectivity index (χ2n) is 1.56. The Hall–Kier alpha value is -0.705. The van der Waals surface area contributed by atoms with Crippen molar-refractivity contribution in [2.24, 2.45) is 5.92 Å². The summed E-state index contributed by atoms with van der Waals surface area (Å²) in [5.74, 6) is 5.39. The van der Waals surface area contributed by atoms with Crippen LogP contribution in [0.5, 0.6) is 0 Å². The van der Waals surface area contributed by atoms with Crippen molar-refractivity contribution in [3.63, 3.8) is 0 Å². The van der Waals surface area contributed by atoms with E-state index >= 15 is 0 Å². The maximum atomic E-state index is 2.93. The summed E-state index contributed by atoms with van der Waals surface area (Å²) in [7, 11) is 1.86. The van der Waals surface area contributed by atoms with E-state index in [0.29, 0.717) is 5.92 Å². The van der Waals surface area contributed by atoms with Gasteiger partial charge in [0.2, 0.25) is 0 Å². The van der Waals surface area contributed by atoms with E-state index in [4.69, 9.17) is 0 Å². The molecule has 1 aliphatic heterocycles. The van der Waals surface area contributed by atoms with Crippen LogP contribution in [0.1, 0.15) is 6.92 Å². The van der Waals surface area contributed by atoms with E-state index in [9.17, 15) is 0 Å². The van der Waals surface area contributed by atoms with Gasteiger partial charge >= 0.3 is 43.1 Å². The summed E-state index contributed by atoms with van der Waals surface area (Å²) >= 11 is 0. The minimum atomic E-state index is 0.432. The molecule has 34 valence electrons. The van der Waals surface area contributed by atoms with Gasteiger partial charge in [-0.25, -0.2) is 0 Å². The summed E-state index contributed by atoms with van der Waals surface area (Å²) in [5.41, 5.74) is 0. The normalized spacial score (nSPS) is 23.9. The molecule has 1 unspecified atom stereocenters. The molecule has 1 nitrogen and oxygen atoms in total. The van der Waals surface area contributed by atoms with Gasteiger partial charge in [-0.3, -0.25) is 0 Å². The first-order valence-corrected chi connectivity index (χ1v) is 2.32. The van der Waals surface area contributed by atoms with E-state index in [0.717, 1.165) is 0 Å². The molecule has 1 heterocycles. The molecule has 0 saturated heterocycles. The zero-order valence-electron chi connectivity index (χ0n) is 4.23. The maximum absolute atomic E-state index is 2.93. The van der Waals surface area contributed by atoms with Crippen LogP contribution in [0, 0.1) is 17.9 Å². The molecule has 2 heteroatoms. The molecule has 0 aromatic heterocycles. The summed E-state index contributed by atoms with van der Waals surface area (Å²) < 4.78 is 0. The third-order valence-corrected chi connectivity index (χ3v) is 0.840. The van der Waals surface area contributed by atoms with E-state index in [2.05, 4.69) is 24.1 Å². The van der Waals surface area contributed by atoms with Gasteiger partial charge in [-0.1, -0.05) is 0 Å². The van der Waals surface area contributed by atoms with Gasteiger partial charge in [0.15, 0.2) is 0 Å². The van der Waals surface area contributed by atoms with Crippen LogP contribution in [-0.4, -0.2) is 13.0 Å². The fraction of sp³-hybridized carbons (Fsp3) is 0.400. The Morgan fingerprint density at radius 3 is 3.00 bits per heavy atom. The van der Waals surface area contributed by atoms with Crippen molar-refractivity contribution < 1.29 is 0 Å². The van der Waals surface area contributed by atoms with Crippen LogP contribution in [0.25, 0.3) is 0 Å². The molecule has 0 aromatic carbocycles. The van der Waals surface area contributed by atoms with Gasteiger partial charge in [0, 0.05) is 0 Å². The Balaban J connectivity index is 2.59. The van der Waals surface area contributed by atoms with Gasteiger partial charge < -0.3 is 0 Å². The Bertz CT molecular complexity index is 140. The van der Waals surface area contributed by atoms with Crippen LogP contribution in [0.15, 0.2) is 0 Å². The summed E-state index contributed by atoms with van der Waals surface area (Å²) in [6, 6.07) is 2.75. The molecule has 1 aliphatic rings. The number of hydrogen-bond donors (Lipinski definition) is 1. The third kappa shape index (κ3) is 1.08. The quantitative estimate of drug-likeness (QED) is 0.316. The fourth-order valence-electron chi connectivity index (χ4n) is 0.438. The first-order valence-electron chi connectivity index (χ1n) is 2.32. The molecule has 0 bridgehead atoms. The van der Waals surface area contributed by atoms with Crippen molar-refractivity contribution in [2.45, 2.75) is 6.92 Å². The summed E-state index contributed by atoms with van der Waals surface area (Å²) in [5, 5.41) is 2.77. The number of nitrogens with one attached hydrogen (secondary N) is 1. The van der Waals surface area contributed by atoms with Crippen molar-refractivity contribution in [1.29, 1.82) is 0 Å². The van der Waals surface area contributed by atoms with Crippen molar-refractivity contribution >= 4 is 13.0 Å². The van der Waals surface area contributed by atoms with Gasteiger partial charge in [0.1, 0.15) is 0 Å². The predicted octanol–water partition coefficient (Wildman–Crippen LogP) is -0.392.